The van der Waals surface area contributed by atoms with Gasteiger partial charge in [0.1, 0.15) is 0 Å². The Morgan fingerprint density at radius 3 is 2.80 bits per heavy atom. The van der Waals surface area contributed by atoms with E-state index in [-0.39, 0.29) is 6.02 Å². The van der Waals surface area contributed by atoms with Crippen LogP contribution in [0.2, 0.25) is 0 Å². The Balaban J connectivity index is 3.76. The largest absolute Gasteiger partial charge is 0.466 e. The Kier molecular flexibility index (Phi) is 4.19. The summed E-state index contributed by atoms with van der Waals surface area (Å²) in [7, 11) is 0. The van der Waals surface area contributed by atoms with Crippen LogP contribution in [0.4, 0.5) is 0 Å². The van der Waals surface area contributed by atoms with Gasteiger partial charge in [-0.25, -0.2) is 4.99 Å². The summed E-state index contributed by atoms with van der Waals surface area (Å²) in [4.78, 5) is 13.4. The number of hydrogen-bond acceptors (Lipinski definition) is 4. The first-order valence-electron chi connectivity index (χ1n) is 2.99. The van der Waals surface area contributed by atoms with E-state index in [4.69, 9.17) is 10.5 Å². The Bertz CT molecular complexity index is 135. The van der Waals surface area contributed by atoms with Crippen molar-refractivity contribution >= 4 is 6.02 Å². The summed E-state index contributed by atoms with van der Waals surface area (Å²) in [5.41, 5.74) is 5.19. The minimum Gasteiger partial charge on any atom is -0.466 e. The lowest BCUT2D eigenvalue weighted by molar-refractivity contribution is 0.318. The third kappa shape index (κ3) is 3.82. The van der Waals surface area contributed by atoms with Crippen molar-refractivity contribution in [1.29, 1.82) is 0 Å². The summed E-state index contributed by atoms with van der Waals surface area (Å²) < 4.78 is 4.74. The summed E-state index contributed by atoms with van der Waals surface area (Å²) in [5, 5.41) is 2.61. The van der Waals surface area contributed by atoms with Gasteiger partial charge in [-0.05, 0) is 19.0 Å². The predicted octanol–water partition coefficient (Wildman–Crippen LogP) is 0.450. The van der Waals surface area contributed by atoms with Crippen LogP contribution in [-0.2, 0) is 4.74 Å². The molecule has 0 saturated heterocycles. The zero-order valence-corrected chi connectivity index (χ0v) is 6.07. The fourth-order valence-electron chi connectivity index (χ4n) is 0.393. The van der Waals surface area contributed by atoms with Crippen LogP contribution in [0.25, 0.3) is 0 Å². The highest BCUT2D eigenvalue weighted by atomic mass is 16.5. The fourth-order valence-corrected chi connectivity index (χ4v) is 0.393. The molecule has 0 radical (unpaired) electrons. The van der Waals surface area contributed by atoms with Gasteiger partial charge in [-0.1, -0.05) is 0 Å². The van der Waals surface area contributed by atoms with Gasteiger partial charge in [0.25, 0.3) is 6.02 Å². The number of rotatable bonds is 3. The van der Waals surface area contributed by atoms with Gasteiger partial charge >= 0.3 is 0 Å². The lowest BCUT2D eigenvalue weighted by Crippen LogP contribution is -2.18. The zero-order valence-electron chi connectivity index (χ0n) is 6.07. The van der Waals surface area contributed by atoms with Crippen LogP contribution in [0.5, 0.6) is 0 Å². The lowest BCUT2D eigenvalue weighted by atomic mass is 10.6. The normalized spacial score (nSPS) is 14.4. The SMILES string of the molecule is CCOC(N)=NC(C)N=O. The summed E-state index contributed by atoms with van der Waals surface area (Å²) in [6.45, 7) is 3.75. The average Bonchev–Trinajstić information content (AvgIpc) is 1.88. The molecule has 5 nitrogen and oxygen atoms in total. The molecule has 0 fully saturated rings. The van der Waals surface area contributed by atoms with Crippen LogP contribution in [0, 0.1) is 4.91 Å². The highest BCUT2D eigenvalue weighted by Gasteiger charge is 1.97. The maximum absolute atomic E-state index is 9.78. The van der Waals surface area contributed by atoms with Crippen LogP contribution < -0.4 is 5.73 Å². The Labute approximate surface area is 59.2 Å². The summed E-state index contributed by atoms with van der Waals surface area (Å²) in [6, 6.07) is 0.00889. The standard InChI is InChI=1S/C5H11N3O2/c1-3-10-5(6)7-4(2)8-9/h4H,3H2,1-2H3,(H2,6,7). The van der Waals surface area contributed by atoms with Gasteiger partial charge in [0.05, 0.1) is 6.61 Å². The molecule has 0 heterocycles. The van der Waals surface area contributed by atoms with Crippen LogP contribution in [-0.4, -0.2) is 18.8 Å². The molecule has 0 amide bonds. The quantitative estimate of drug-likeness (QED) is 0.356. The van der Waals surface area contributed by atoms with Gasteiger partial charge in [0, 0.05) is 0 Å². The molecule has 0 aromatic rings. The van der Waals surface area contributed by atoms with E-state index in [9.17, 15) is 4.91 Å². The molecular weight excluding hydrogens is 134 g/mol. The van der Waals surface area contributed by atoms with Crippen LogP contribution in [0.15, 0.2) is 10.2 Å². The molecule has 10 heavy (non-hydrogen) atoms. The lowest BCUT2D eigenvalue weighted by Gasteiger charge is -2.00. The molecule has 0 bridgehead atoms. The van der Waals surface area contributed by atoms with Crippen molar-refractivity contribution < 1.29 is 4.74 Å². The number of aliphatic imine (C=N–C) groups is 1. The van der Waals surface area contributed by atoms with Crippen molar-refractivity contribution in [3.05, 3.63) is 4.91 Å². The van der Waals surface area contributed by atoms with Gasteiger partial charge < -0.3 is 10.5 Å². The molecular formula is C5H11N3O2. The number of amidine groups is 1. The second-order valence-electron chi connectivity index (χ2n) is 1.64. The van der Waals surface area contributed by atoms with Gasteiger partial charge in [-0.2, -0.15) is 0 Å². The van der Waals surface area contributed by atoms with Gasteiger partial charge in [-0.3, -0.25) is 0 Å². The van der Waals surface area contributed by atoms with Crippen LogP contribution in [0.3, 0.4) is 0 Å². The second-order valence-corrected chi connectivity index (χ2v) is 1.64. The zero-order chi connectivity index (χ0) is 7.98. The van der Waals surface area contributed by atoms with Crippen molar-refractivity contribution in [3.63, 3.8) is 0 Å². The third-order valence-corrected chi connectivity index (χ3v) is 0.759. The van der Waals surface area contributed by atoms with Crippen LogP contribution in [0.1, 0.15) is 13.8 Å². The van der Waals surface area contributed by atoms with Crippen LogP contribution >= 0.6 is 0 Å². The molecule has 1 atom stereocenters. The first-order valence-corrected chi connectivity index (χ1v) is 2.99. The number of nitrogens with zero attached hydrogens (tertiary/aromatic N) is 2. The van der Waals surface area contributed by atoms with E-state index in [2.05, 4.69) is 10.2 Å². The maximum Gasteiger partial charge on any atom is 0.284 e. The second kappa shape index (κ2) is 4.72. The minimum atomic E-state index is -0.661. The van der Waals surface area contributed by atoms with Crippen molar-refractivity contribution in [3.8, 4) is 0 Å². The molecule has 0 aliphatic rings. The van der Waals surface area contributed by atoms with E-state index in [0.29, 0.717) is 6.61 Å². The number of nitrogens with two attached hydrogens (primary N) is 1. The van der Waals surface area contributed by atoms with E-state index in [1.165, 1.54) is 6.92 Å². The van der Waals surface area contributed by atoms with E-state index in [1.54, 1.807) is 6.92 Å². The molecule has 0 aromatic carbocycles. The molecule has 58 valence electrons. The van der Waals surface area contributed by atoms with E-state index < -0.39 is 6.17 Å². The van der Waals surface area contributed by atoms with Crippen molar-refractivity contribution in [2.45, 2.75) is 20.0 Å². The van der Waals surface area contributed by atoms with E-state index in [1.807, 2.05) is 0 Å². The average molecular weight is 145 g/mol. The van der Waals surface area contributed by atoms with Gasteiger partial charge in [0.15, 0.2) is 6.17 Å². The monoisotopic (exact) mass is 145 g/mol. The number of nitroso groups, excluding NO2 is 1. The first kappa shape index (κ1) is 8.87. The minimum absolute atomic E-state index is 0.00889. The fraction of sp³-hybridized carbons (Fsp3) is 0.800. The number of ether oxygens (including phenoxy) is 1. The smallest absolute Gasteiger partial charge is 0.284 e. The molecule has 0 rings (SSSR count). The maximum atomic E-state index is 9.78. The molecule has 0 aliphatic heterocycles. The summed E-state index contributed by atoms with van der Waals surface area (Å²) in [5.74, 6) is 0. The summed E-state index contributed by atoms with van der Waals surface area (Å²) >= 11 is 0. The van der Waals surface area contributed by atoms with E-state index in [0.717, 1.165) is 0 Å². The first-order chi connectivity index (χ1) is 4.70. The third-order valence-electron chi connectivity index (χ3n) is 0.759. The molecule has 0 saturated carbocycles. The highest BCUT2D eigenvalue weighted by molar-refractivity contribution is 5.71. The van der Waals surface area contributed by atoms with Crippen molar-refractivity contribution in [1.82, 2.24) is 0 Å². The van der Waals surface area contributed by atoms with Gasteiger partial charge in [0.2, 0.25) is 0 Å². The number of hydrogen-bond donors (Lipinski definition) is 1. The Hall–Kier alpha value is -1.13. The predicted molar refractivity (Wildman–Crippen MR) is 38.5 cm³/mol. The van der Waals surface area contributed by atoms with Crippen molar-refractivity contribution in [2.75, 3.05) is 6.61 Å². The molecule has 2 N–H and O–H groups in total. The molecule has 0 spiro atoms. The Morgan fingerprint density at radius 2 is 2.40 bits per heavy atom. The molecule has 5 heteroatoms. The van der Waals surface area contributed by atoms with Gasteiger partial charge in [-0.15, -0.1) is 4.91 Å². The van der Waals surface area contributed by atoms with Crippen molar-refractivity contribution in [2.24, 2.45) is 15.9 Å². The molecule has 0 aromatic heterocycles. The highest BCUT2D eigenvalue weighted by Crippen LogP contribution is 1.89. The Morgan fingerprint density at radius 1 is 1.80 bits per heavy atom. The topological polar surface area (TPSA) is 77.0 Å². The molecule has 1 unspecified atom stereocenters. The van der Waals surface area contributed by atoms with E-state index >= 15 is 0 Å². The summed E-state index contributed by atoms with van der Waals surface area (Å²) in [6.07, 6.45) is -0.661. The molecule has 0 aliphatic carbocycles.